The van der Waals surface area contributed by atoms with E-state index in [1.54, 1.807) is 0 Å². The normalized spacial score (nSPS) is 11.3. The minimum Gasteiger partial charge on any atom is -0.495 e. The molecule has 22 heavy (non-hydrogen) atoms. The molecule has 2 aromatic rings. The molecule has 0 saturated carbocycles. The maximum absolute atomic E-state index is 12.8. The van der Waals surface area contributed by atoms with E-state index in [-0.39, 0.29) is 11.6 Å². The van der Waals surface area contributed by atoms with E-state index in [1.807, 2.05) is 0 Å². The second-order valence-electron chi connectivity index (χ2n) is 3.92. The number of nitrogens with zero attached hydrogens (tertiary/aromatic N) is 5. The van der Waals surface area contributed by atoms with Gasteiger partial charge in [0.25, 0.3) is 5.88 Å². The number of halogens is 3. The number of methoxy groups -OCH3 is 1. The first-order valence-corrected chi connectivity index (χ1v) is 5.57. The molecule has 0 aliphatic heterocycles. The third-order valence-corrected chi connectivity index (χ3v) is 2.47. The van der Waals surface area contributed by atoms with E-state index in [2.05, 4.69) is 15.3 Å². The van der Waals surface area contributed by atoms with Gasteiger partial charge in [-0.05, 0) is 0 Å². The van der Waals surface area contributed by atoms with Crippen LogP contribution in [0.25, 0.3) is 0 Å². The fourth-order valence-electron chi connectivity index (χ4n) is 1.56. The highest BCUT2D eigenvalue weighted by atomic mass is 19.4. The van der Waals surface area contributed by atoms with Crippen molar-refractivity contribution in [2.24, 2.45) is 7.05 Å². The largest absolute Gasteiger partial charge is 0.495 e. The van der Waals surface area contributed by atoms with Crippen LogP contribution < -0.4 is 9.47 Å². The fourth-order valence-corrected chi connectivity index (χ4v) is 1.56. The van der Waals surface area contributed by atoms with Crippen molar-refractivity contribution in [1.29, 1.82) is 0 Å². The number of rotatable bonds is 4. The first-order chi connectivity index (χ1) is 10.2. The minimum atomic E-state index is -5.00. The summed E-state index contributed by atoms with van der Waals surface area (Å²) in [6.45, 7) is 0. The molecule has 0 amide bonds. The third-order valence-electron chi connectivity index (χ3n) is 2.47. The summed E-state index contributed by atoms with van der Waals surface area (Å²) in [6, 6.07) is 1.21. The summed E-state index contributed by atoms with van der Waals surface area (Å²) in [6.07, 6.45) is -3.77. The molecule has 0 aliphatic rings. The molecule has 2 aromatic heterocycles. The van der Waals surface area contributed by atoms with Gasteiger partial charge in [0.05, 0.1) is 18.2 Å². The van der Waals surface area contributed by atoms with Gasteiger partial charge in [-0.2, -0.15) is 23.4 Å². The lowest BCUT2D eigenvalue weighted by Gasteiger charge is -2.05. The molecule has 9 nitrogen and oxygen atoms in total. The van der Waals surface area contributed by atoms with Crippen LogP contribution in [0.5, 0.6) is 17.5 Å². The standard InChI is InChI=1S/C10H8F3N5O4/c1-17-9(22-6-3-5(21-2)4-14-15-6)7(18(19)20)8(16-17)10(11,12)13/h3-4H,1-2H3. The summed E-state index contributed by atoms with van der Waals surface area (Å²) in [4.78, 5) is 9.70. The van der Waals surface area contributed by atoms with Crippen LogP contribution in [0.15, 0.2) is 12.3 Å². The Kier molecular flexibility index (Phi) is 3.84. The maximum atomic E-state index is 12.8. The molecule has 12 heteroatoms. The van der Waals surface area contributed by atoms with Crippen molar-refractivity contribution in [1.82, 2.24) is 20.0 Å². The lowest BCUT2D eigenvalue weighted by molar-refractivity contribution is -0.388. The molecule has 2 heterocycles. The zero-order valence-electron chi connectivity index (χ0n) is 11.2. The van der Waals surface area contributed by atoms with Crippen LogP contribution >= 0.6 is 0 Å². The molecule has 118 valence electrons. The zero-order valence-corrected chi connectivity index (χ0v) is 11.2. The monoisotopic (exact) mass is 319 g/mol. The summed E-state index contributed by atoms with van der Waals surface area (Å²) in [5.41, 5.74) is -2.97. The maximum Gasteiger partial charge on any atom is 0.442 e. The number of aryl methyl sites for hydroxylation is 1. The number of hydrogen-bond donors (Lipinski definition) is 0. The lowest BCUT2D eigenvalue weighted by atomic mass is 10.3. The second kappa shape index (κ2) is 5.46. The first kappa shape index (κ1) is 15.5. The van der Waals surface area contributed by atoms with Crippen molar-refractivity contribution in [3.05, 3.63) is 28.1 Å². The quantitative estimate of drug-likeness (QED) is 0.626. The second-order valence-corrected chi connectivity index (χ2v) is 3.92. The fraction of sp³-hybridized carbons (Fsp3) is 0.300. The van der Waals surface area contributed by atoms with Crippen LogP contribution in [-0.4, -0.2) is 32.0 Å². The Labute approximate surface area is 120 Å². The summed E-state index contributed by atoms with van der Waals surface area (Å²) in [5, 5.41) is 21.0. The van der Waals surface area contributed by atoms with Gasteiger partial charge in [-0.1, -0.05) is 0 Å². The Morgan fingerprint density at radius 1 is 1.41 bits per heavy atom. The highest BCUT2D eigenvalue weighted by Crippen LogP contribution is 2.41. The molecule has 2 rings (SSSR count). The van der Waals surface area contributed by atoms with Gasteiger partial charge in [0.1, 0.15) is 5.75 Å². The van der Waals surface area contributed by atoms with Gasteiger partial charge >= 0.3 is 11.9 Å². The SMILES string of the molecule is COc1cnnc(Oc2c([N+](=O)[O-])c(C(F)(F)F)nn2C)c1. The number of ether oxygens (including phenoxy) is 2. The predicted octanol–water partition coefficient (Wildman–Crippen LogP) is 1.94. The average molecular weight is 319 g/mol. The summed E-state index contributed by atoms with van der Waals surface area (Å²) < 4.78 is 48.8. The topological polar surface area (TPSA) is 105 Å². The highest BCUT2D eigenvalue weighted by Gasteiger charge is 2.46. The van der Waals surface area contributed by atoms with Crippen LogP contribution in [0, 0.1) is 10.1 Å². The van der Waals surface area contributed by atoms with Gasteiger partial charge in [-0.25, -0.2) is 4.68 Å². The molecule has 0 aliphatic carbocycles. The van der Waals surface area contributed by atoms with Crippen LogP contribution in [0.3, 0.4) is 0 Å². The van der Waals surface area contributed by atoms with Crippen LogP contribution in [0.4, 0.5) is 18.9 Å². The van der Waals surface area contributed by atoms with Crippen LogP contribution in [0.2, 0.25) is 0 Å². The van der Waals surface area contributed by atoms with E-state index in [1.165, 1.54) is 19.4 Å². The van der Waals surface area contributed by atoms with Gasteiger partial charge in [0.2, 0.25) is 11.6 Å². The third kappa shape index (κ3) is 2.89. The summed E-state index contributed by atoms with van der Waals surface area (Å²) >= 11 is 0. The molecule has 0 fully saturated rings. The number of hydrogen-bond acceptors (Lipinski definition) is 7. The predicted molar refractivity (Wildman–Crippen MR) is 63.5 cm³/mol. The molecule has 0 spiro atoms. The average Bonchev–Trinajstić information content (AvgIpc) is 2.76. The summed E-state index contributed by atoms with van der Waals surface area (Å²) in [5.74, 6) is -0.787. The summed E-state index contributed by atoms with van der Waals surface area (Å²) in [7, 11) is 2.40. The number of aromatic nitrogens is 4. The molecule has 0 N–H and O–H groups in total. The Balaban J connectivity index is 2.51. The van der Waals surface area contributed by atoms with E-state index in [0.717, 1.165) is 7.05 Å². The van der Waals surface area contributed by atoms with Crippen molar-refractivity contribution in [3.63, 3.8) is 0 Å². The van der Waals surface area contributed by atoms with Crippen LogP contribution in [-0.2, 0) is 13.2 Å². The van der Waals surface area contributed by atoms with Crippen molar-refractivity contribution in [2.45, 2.75) is 6.18 Å². The first-order valence-electron chi connectivity index (χ1n) is 5.57. The molecule has 0 radical (unpaired) electrons. The molecular formula is C10H8F3N5O4. The molecule has 0 unspecified atom stereocenters. The van der Waals surface area contributed by atoms with Gasteiger partial charge < -0.3 is 9.47 Å². The van der Waals surface area contributed by atoms with E-state index < -0.39 is 28.4 Å². The minimum absolute atomic E-state index is 0.214. The Bertz CT molecular complexity index is 715. The van der Waals surface area contributed by atoms with Gasteiger partial charge in [0.15, 0.2) is 0 Å². The molecule has 0 atom stereocenters. The Hall–Kier alpha value is -2.92. The van der Waals surface area contributed by atoms with Crippen molar-refractivity contribution < 1.29 is 27.6 Å². The van der Waals surface area contributed by atoms with E-state index in [9.17, 15) is 23.3 Å². The number of alkyl halides is 3. The van der Waals surface area contributed by atoms with Gasteiger partial charge in [-0.3, -0.25) is 10.1 Å². The van der Waals surface area contributed by atoms with E-state index in [4.69, 9.17) is 9.47 Å². The van der Waals surface area contributed by atoms with Gasteiger partial charge in [0, 0.05) is 13.1 Å². The molecule has 0 aromatic carbocycles. The van der Waals surface area contributed by atoms with Crippen LogP contribution in [0.1, 0.15) is 5.69 Å². The van der Waals surface area contributed by atoms with Crippen molar-refractivity contribution >= 4 is 5.69 Å². The van der Waals surface area contributed by atoms with E-state index in [0.29, 0.717) is 4.68 Å². The Morgan fingerprint density at radius 2 is 2.09 bits per heavy atom. The lowest BCUT2D eigenvalue weighted by Crippen LogP contribution is -2.09. The Morgan fingerprint density at radius 3 is 2.64 bits per heavy atom. The van der Waals surface area contributed by atoms with Crippen molar-refractivity contribution in [3.8, 4) is 17.5 Å². The van der Waals surface area contributed by atoms with E-state index >= 15 is 0 Å². The molecular weight excluding hydrogens is 311 g/mol. The zero-order chi connectivity index (χ0) is 16.5. The number of nitro groups is 1. The smallest absolute Gasteiger partial charge is 0.442 e. The van der Waals surface area contributed by atoms with Gasteiger partial charge in [-0.15, -0.1) is 5.10 Å². The molecule has 0 bridgehead atoms. The molecule has 0 saturated heterocycles. The van der Waals surface area contributed by atoms with Crippen molar-refractivity contribution in [2.75, 3.05) is 7.11 Å². The highest BCUT2D eigenvalue weighted by molar-refractivity contribution is 5.49.